The van der Waals surface area contributed by atoms with Crippen LogP contribution in [0.1, 0.15) is 23.1 Å². The van der Waals surface area contributed by atoms with E-state index in [1.54, 1.807) is 4.90 Å². The fraction of sp³-hybridized carbons (Fsp3) is 0.233. The molecule has 0 bridgehead atoms. The quantitative estimate of drug-likeness (QED) is 0.508. The number of hydrogen-bond donors (Lipinski definition) is 1. The van der Waals surface area contributed by atoms with E-state index in [0.29, 0.717) is 49.6 Å². The fourth-order valence-corrected chi connectivity index (χ4v) is 4.48. The Morgan fingerprint density at radius 3 is 2.54 bits per heavy atom. The van der Waals surface area contributed by atoms with Crippen LogP contribution in [0.3, 0.4) is 0 Å². The number of amidine groups is 1. The van der Waals surface area contributed by atoms with Gasteiger partial charge in [-0.15, -0.1) is 0 Å². The van der Waals surface area contributed by atoms with Crippen molar-refractivity contribution in [1.82, 2.24) is 4.90 Å². The Morgan fingerprint density at radius 2 is 1.78 bits per heavy atom. The summed E-state index contributed by atoms with van der Waals surface area (Å²) in [7, 11) is 1.37. The number of carbonyl (C=O) groups excluding carboxylic acids is 2. The lowest BCUT2D eigenvalue weighted by atomic mass is 10.00. The summed E-state index contributed by atoms with van der Waals surface area (Å²) in [4.78, 5) is 31.0. The number of aliphatic imine (C=N–C) groups is 1. The van der Waals surface area contributed by atoms with Gasteiger partial charge in [0.1, 0.15) is 11.6 Å². The molecule has 3 aromatic rings. The molecule has 0 fully saturated rings. The van der Waals surface area contributed by atoms with E-state index in [-0.39, 0.29) is 5.91 Å². The van der Waals surface area contributed by atoms with E-state index in [1.165, 1.54) is 12.7 Å². The molecule has 1 N–H and O–H groups in total. The number of fused-ring (bicyclic) bond motifs is 1. The van der Waals surface area contributed by atoms with Crippen molar-refractivity contribution in [3.63, 3.8) is 0 Å². The summed E-state index contributed by atoms with van der Waals surface area (Å²) in [5.41, 5.74) is 6.66. The molecule has 37 heavy (non-hydrogen) atoms. The summed E-state index contributed by atoms with van der Waals surface area (Å²) in [6.45, 7) is 3.62. The first-order valence-electron chi connectivity index (χ1n) is 12.3. The van der Waals surface area contributed by atoms with Crippen LogP contribution in [0.2, 0.25) is 0 Å². The van der Waals surface area contributed by atoms with E-state index in [9.17, 15) is 9.59 Å². The van der Waals surface area contributed by atoms with Gasteiger partial charge in [-0.3, -0.25) is 14.7 Å². The molecule has 0 saturated heterocycles. The van der Waals surface area contributed by atoms with Crippen molar-refractivity contribution < 1.29 is 19.1 Å². The Bertz CT molecular complexity index is 1370. The molecule has 5 rings (SSSR count). The SMILES string of the molecule is COC(=O)N1CCN=C1Cc1ccc(NC(=O)C2=Cc3cc(-c4ccc(C)cc4)ccc3OCC2)cc1. The standard InChI is InChI=1S/C30H29N3O4/c1-20-3-7-22(8-4-20)23-9-12-27-25(18-23)19-24(13-16-37-27)29(34)32-26-10-5-21(6-11-26)17-28-31-14-15-33(28)30(35)36-2/h3-12,18-19H,13-17H2,1-2H3,(H,32,34). The predicted octanol–water partition coefficient (Wildman–Crippen LogP) is 5.49. The van der Waals surface area contributed by atoms with Gasteiger partial charge in [-0.05, 0) is 54.0 Å². The van der Waals surface area contributed by atoms with Crippen molar-refractivity contribution in [2.45, 2.75) is 19.8 Å². The highest BCUT2D eigenvalue weighted by molar-refractivity contribution is 6.07. The van der Waals surface area contributed by atoms with E-state index in [2.05, 4.69) is 47.6 Å². The second-order valence-electron chi connectivity index (χ2n) is 9.13. The lowest BCUT2D eigenvalue weighted by molar-refractivity contribution is -0.113. The second-order valence-corrected chi connectivity index (χ2v) is 9.13. The molecule has 2 amide bonds. The van der Waals surface area contributed by atoms with Crippen LogP contribution in [-0.2, 0) is 16.0 Å². The zero-order valence-corrected chi connectivity index (χ0v) is 21.0. The number of methoxy groups -OCH3 is 1. The van der Waals surface area contributed by atoms with Crippen LogP contribution < -0.4 is 10.1 Å². The molecule has 188 valence electrons. The van der Waals surface area contributed by atoms with Crippen LogP contribution >= 0.6 is 0 Å². The molecule has 0 atom stereocenters. The first-order chi connectivity index (χ1) is 18.0. The molecule has 0 saturated carbocycles. The van der Waals surface area contributed by atoms with Gasteiger partial charge in [0.25, 0.3) is 5.91 Å². The Labute approximate surface area is 216 Å². The van der Waals surface area contributed by atoms with Crippen molar-refractivity contribution in [3.8, 4) is 16.9 Å². The molecular weight excluding hydrogens is 466 g/mol. The third kappa shape index (κ3) is 5.56. The predicted molar refractivity (Wildman–Crippen MR) is 145 cm³/mol. The second kappa shape index (κ2) is 10.7. The Morgan fingerprint density at radius 1 is 1.03 bits per heavy atom. The van der Waals surface area contributed by atoms with Crippen molar-refractivity contribution in [3.05, 3.63) is 89.0 Å². The van der Waals surface area contributed by atoms with E-state index >= 15 is 0 Å². The Balaban J connectivity index is 1.28. The van der Waals surface area contributed by atoms with Gasteiger partial charge < -0.3 is 14.8 Å². The number of ether oxygens (including phenoxy) is 2. The number of benzene rings is 3. The lowest BCUT2D eigenvalue weighted by Crippen LogP contribution is -2.35. The van der Waals surface area contributed by atoms with Crippen LogP contribution in [0.15, 0.2) is 77.3 Å². The summed E-state index contributed by atoms with van der Waals surface area (Å²) in [6.07, 6.45) is 2.56. The smallest absolute Gasteiger partial charge is 0.415 e. The largest absolute Gasteiger partial charge is 0.493 e. The van der Waals surface area contributed by atoms with Gasteiger partial charge in [0, 0.05) is 29.7 Å². The molecule has 0 aliphatic carbocycles. The van der Waals surface area contributed by atoms with E-state index in [4.69, 9.17) is 9.47 Å². The van der Waals surface area contributed by atoms with Crippen LogP contribution in [0.25, 0.3) is 17.2 Å². The van der Waals surface area contributed by atoms with Crippen LogP contribution in [0, 0.1) is 6.92 Å². The van der Waals surface area contributed by atoms with Crippen molar-refractivity contribution in [2.24, 2.45) is 4.99 Å². The zero-order chi connectivity index (χ0) is 25.8. The number of rotatable bonds is 5. The number of amides is 2. The van der Waals surface area contributed by atoms with Crippen LogP contribution in [0.4, 0.5) is 10.5 Å². The first-order valence-corrected chi connectivity index (χ1v) is 12.3. The van der Waals surface area contributed by atoms with Crippen molar-refractivity contribution >= 4 is 29.6 Å². The third-order valence-electron chi connectivity index (χ3n) is 6.54. The molecule has 0 unspecified atom stereocenters. The summed E-state index contributed by atoms with van der Waals surface area (Å²) >= 11 is 0. The number of anilines is 1. The van der Waals surface area contributed by atoms with E-state index < -0.39 is 6.09 Å². The molecule has 7 heteroatoms. The Hall–Kier alpha value is -4.39. The van der Waals surface area contributed by atoms with E-state index in [1.807, 2.05) is 42.5 Å². The molecule has 0 spiro atoms. The molecule has 7 nitrogen and oxygen atoms in total. The molecule has 2 aliphatic rings. The fourth-order valence-electron chi connectivity index (χ4n) is 4.48. The first kappa shape index (κ1) is 24.3. The van der Waals surface area contributed by atoms with E-state index in [0.717, 1.165) is 28.0 Å². The Kier molecular flexibility index (Phi) is 7.03. The average molecular weight is 496 g/mol. The molecule has 2 heterocycles. The number of nitrogens with one attached hydrogen (secondary N) is 1. The number of nitrogens with zero attached hydrogens (tertiary/aromatic N) is 2. The summed E-state index contributed by atoms with van der Waals surface area (Å²) in [6, 6.07) is 22.1. The summed E-state index contributed by atoms with van der Waals surface area (Å²) in [5, 5.41) is 3.00. The summed E-state index contributed by atoms with van der Waals surface area (Å²) in [5.74, 6) is 1.32. The average Bonchev–Trinajstić information content (AvgIpc) is 3.26. The van der Waals surface area contributed by atoms with Gasteiger partial charge in [0.15, 0.2) is 0 Å². The molecule has 2 aliphatic heterocycles. The van der Waals surface area contributed by atoms with Gasteiger partial charge in [-0.25, -0.2) is 4.79 Å². The third-order valence-corrected chi connectivity index (χ3v) is 6.54. The maximum absolute atomic E-state index is 13.1. The number of carbonyl (C=O) groups is 2. The molecule has 0 aromatic heterocycles. The van der Waals surface area contributed by atoms with Crippen molar-refractivity contribution in [1.29, 1.82) is 0 Å². The van der Waals surface area contributed by atoms with Crippen molar-refractivity contribution in [2.75, 3.05) is 32.1 Å². The minimum absolute atomic E-state index is 0.151. The molecule has 3 aromatic carbocycles. The lowest BCUT2D eigenvalue weighted by Gasteiger charge is -2.16. The number of hydrogen-bond acceptors (Lipinski definition) is 5. The zero-order valence-electron chi connectivity index (χ0n) is 21.0. The number of aryl methyl sites for hydroxylation is 1. The maximum Gasteiger partial charge on any atom is 0.415 e. The molecular formula is C30H29N3O4. The van der Waals surface area contributed by atoms with Gasteiger partial charge in [-0.2, -0.15) is 0 Å². The molecule has 0 radical (unpaired) electrons. The van der Waals surface area contributed by atoms with Crippen LogP contribution in [0.5, 0.6) is 5.75 Å². The normalized spacial score (nSPS) is 14.6. The monoisotopic (exact) mass is 495 g/mol. The van der Waals surface area contributed by atoms with Gasteiger partial charge >= 0.3 is 6.09 Å². The maximum atomic E-state index is 13.1. The topological polar surface area (TPSA) is 80.2 Å². The highest BCUT2D eigenvalue weighted by Gasteiger charge is 2.24. The van der Waals surface area contributed by atoms with Crippen LogP contribution in [-0.4, -0.2) is 49.5 Å². The van der Waals surface area contributed by atoms with Gasteiger partial charge in [0.2, 0.25) is 0 Å². The summed E-state index contributed by atoms with van der Waals surface area (Å²) < 4.78 is 10.8. The minimum Gasteiger partial charge on any atom is -0.493 e. The van der Waals surface area contributed by atoms with Gasteiger partial charge in [-0.1, -0.05) is 48.0 Å². The highest BCUT2D eigenvalue weighted by atomic mass is 16.5. The minimum atomic E-state index is -0.395. The highest BCUT2D eigenvalue weighted by Crippen LogP contribution is 2.31. The van der Waals surface area contributed by atoms with Gasteiger partial charge in [0.05, 0.1) is 26.8 Å².